The predicted molar refractivity (Wildman–Crippen MR) is 107 cm³/mol. The van der Waals surface area contributed by atoms with E-state index in [0.717, 1.165) is 25.9 Å². The lowest BCUT2D eigenvalue weighted by molar-refractivity contribution is -0.136. The molecule has 6 nitrogen and oxygen atoms in total. The summed E-state index contributed by atoms with van der Waals surface area (Å²) < 4.78 is 20.7. The minimum Gasteiger partial charge on any atom is -0.369 e. The molecule has 0 unspecified atom stereocenters. The molecule has 1 aromatic rings. The van der Waals surface area contributed by atoms with Gasteiger partial charge in [-0.05, 0) is 44.9 Å². The molecule has 3 saturated heterocycles. The molecule has 0 aromatic heterocycles. The highest BCUT2D eigenvalue weighted by molar-refractivity contribution is 5.99. The maximum absolute atomic E-state index is 14.6. The average Bonchev–Trinajstić information content (AvgIpc) is 3.43. The summed E-state index contributed by atoms with van der Waals surface area (Å²) in [5.41, 5.74) is 0.269. The second-order valence-corrected chi connectivity index (χ2v) is 8.81. The molecule has 5 rings (SSSR count). The van der Waals surface area contributed by atoms with Gasteiger partial charge in [0.1, 0.15) is 11.4 Å². The molecule has 0 radical (unpaired) electrons. The summed E-state index contributed by atoms with van der Waals surface area (Å²) in [6, 6.07) is 4.86. The van der Waals surface area contributed by atoms with E-state index in [1.807, 2.05) is 30.9 Å². The number of fused-ring (bicyclic) bond motifs is 1. The second kappa shape index (κ2) is 6.55. The van der Waals surface area contributed by atoms with Crippen molar-refractivity contribution >= 4 is 23.2 Å². The van der Waals surface area contributed by atoms with Gasteiger partial charge in [0, 0.05) is 24.8 Å². The molecule has 3 fully saturated rings. The Labute approximate surface area is 169 Å². The second-order valence-electron chi connectivity index (χ2n) is 8.81. The van der Waals surface area contributed by atoms with Crippen LogP contribution in [0.2, 0.25) is 0 Å². The van der Waals surface area contributed by atoms with Crippen LogP contribution < -0.4 is 10.2 Å². The normalized spacial score (nSPS) is 32.6. The maximum Gasteiger partial charge on any atom is 0.231 e. The fourth-order valence-corrected chi connectivity index (χ4v) is 5.29. The summed E-state index contributed by atoms with van der Waals surface area (Å²) in [6.07, 6.45) is 5.55. The van der Waals surface area contributed by atoms with Crippen LogP contribution in [0.25, 0.3) is 0 Å². The number of hydrogen-bond acceptors (Lipinski definition) is 4. The fourth-order valence-electron chi connectivity index (χ4n) is 5.29. The minimum atomic E-state index is -0.709. The molecule has 29 heavy (non-hydrogen) atoms. The number of amides is 2. The summed E-state index contributed by atoms with van der Waals surface area (Å²) in [6.45, 7) is 6.11. The zero-order valence-corrected chi connectivity index (χ0v) is 16.7. The predicted octanol–water partition coefficient (Wildman–Crippen LogP) is 2.55. The van der Waals surface area contributed by atoms with E-state index in [2.05, 4.69) is 5.32 Å². The van der Waals surface area contributed by atoms with E-state index in [9.17, 15) is 14.0 Å². The van der Waals surface area contributed by atoms with Crippen molar-refractivity contribution in [1.82, 2.24) is 4.90 Å². The Morgan fingerprint density at radius 3 is 2.76 bits per heavy atom. The monoisotopic (exact) mass is 399 g/mol. The van der Waals surface area contributed by atoms with Gasteiger partial charge in [-0.15, -0.1) is 0 Å². The molecule has 2 bridgehead atoms. The summed E-state index contributed by atoms with van der Waals surface area (Å²) in [7, 11) is 0. The van der Waals surface area contributed by atoms with Gasteiger partial charge >= 0.3 is 0 Å². The Hall–Kier alpha value is -2.41. The number of rotatable bonds is 4. The van der Waals surface area contributed by atoms with Crippen LogP contribution in [-0.4, -0.2) is 54.1 Å². The first-order chi connectivity index (χ1) is 13.9. The Bertz CT molecular complexity index is 895. The summed E-state index contributed by atoms with van der Waals surface area (Å²) >= 11 is 0. The molecule has 4 aliphatic heterocycles. The van der Waals surface area contributed by atoms with E-state index >= 15 is 0 Å². The number of hydrogen-bond donors (Lipinski definition) is 1. The first-order valence-electron chi connectivity index (χ1n) is 10.4. The summed E-state index contributed by atoms with van der Waals surface area (Å²) in [4.78, 5) is 29.9. The largest absolute Gasteiger partial charge is 0.369 e. The highest BCUT2D eigenvalue weighted by Crippen LogP contribution is 2.52. The van der Waals surface area contributed by atoms with Crippen molar-refractivity contribution in [2.24, 2.45) is 11.8 Å². The molecule has 0 aliphatic carbocycles. The SMILES string of the molecule is CC(C)N1C[C@@]23C=C[C@@H](O2)[C@H](C(=O)Nc2ccc(N4CCCC4)c(F)c2)[C@@H]3C1=O. The summed E-state index contributed by atoms with van der Waals surface area (Å²) in [5, 5.41) is 2.82. The van der Waals surface area contributed by atoms with Crippen molar-refractivity contribution < 1.29 is 18.7 Å². The number of carbonyl (C=O) groups is 2. The molecular formula is C22H26FN3O3. The zero-order valence-electron chi connectivity index (χ0n) is 16.7. The molecule has 2 amide bonds. The van der Waals surface area contributed by atoms with Crippen LogP contribution in [-0.2, 0) is 14.3 Å². The third-order valence-electron chi connectivity index (χ3n) is 6.72. The minimum absolute atomic E-state index is 0.0393. The Kier molecular flexibility index (Phi) is 4.21. The Balaban J connectivity index is 1.36. The standard InChI is InChI=1S/C22H26FN3O3/c1-13(2)26-12-22-8-7-17(29-22)18(19(22)21(26)28)20(27)24-14-5-6-16(15(23)11-14)25-9-3-4-10-25/h5-8,11,13,17-19H,3-4,9-10,12H2,1-2H3,(H,24,27)/t17-,18+,19-,22-/m1/s1. The molecule has 7 heteroatoms. The van der Waals surface area contributed by atoms with Crippen molar-refractivity contribution in [1.29, 1.82) is 0 Å². The quantitative estimate of drug-likeness (QED) is 0.791. The lowest BCUT2D eigenvalue weighted by Crippen LogP contribution is -2.42. The number of anilines is 2. The molecule has 154 valence electrons. The fraction of sp³-hybridized carbons (Fsp3) is 0.545. The first-order valence-corrected chi connectivity index (χ1v) is 10.4. The third kappa shape index (κ3) is 2.78. The number of likely N-dealkylation sites (tertiary alicyclic amines) is 1. The van der Waals surface area contributed by atoms with Crippen molar-refractivity contribution in [2.45, 2.75) is 44.4 Å². The van der Waals surface area contributed by atoms with Gasteiger partial charge in [0.2, 0.25) is 11.8 Å². The lowest BCUT2D eigenvalue weighted by Gasteiger charge is -2.25. The van der Waals surface area contributed by atoms with E-state index in [-0.39, 0.29) is 23.7 Å². The van der Waals surface area contributed by atoms with Gasteiger partial charge < -0.3 is 19.9 Å². The van der Waals surface area contributed by atoms with E-state index in [0.29, 0.717) is 17.9 Å². The van der Waals surface area contributed by atoms with Crippen LogP contribution in [0, 0.1) is 17.7 Å². The molecule has 0 saturated carbocycles. The van der Waals surface area contributed by atoms with Gasteiger partial charge in [-0.3, -0.25) is 9.59 Å². The van der Waals surface area contributed by atoms with E-state index < -0.39 is 23.5 Å². The van der Waals surface area contributed by atoms with Gasteiger partial charge in [0.25, 0.3) is 0 Å². The maximum atomic E-state index is 14.6. The van der Waals surface area contributed by atoms with E-state index in [1.54, 1.807) is 17.0 Å². The molecule has 1 aromatic carbocycles. The number of ether oxygens (including phenoxy) is 1. The number of nitrogens with one attached hydrogen (secondary N) is 1. The number of benzene rings is 1. The molecule has 4 atom stereocenters. The zero-order chi connectivity index (χ0) is 20.3. The van der Waals surface area contributed by atoms with Crippen LogP contribution in [0.15, 0.2) is 30.4 Å². The molecule has 4 heterocycles. The highest BCUT2D eigenvalue weighted by atomic mass is 19.1. The van der Waals surface area contributed by atoms with E-state index in [4.69, 9.17) is 4.74 Å². The van der Waals surface area contributed by atoms with E-state index in [1.165, 1.54) is 6.07 Å². The molecule has 1 spiro atoms. The van der Waals surface area contributed by atoms with Gasteiger partial charge in [-0.2, -0.15) is 0 Å². The van der Waals surface area contributed by atoms with Crippen molar-refractivity contribution in [3.63, 3.8) is 0 Å². The Morgan fingerprint density at radius 1 is 1.31 bits per heavy atom. The molecular weight excluding hydrogens is 373 g/mol. The molecule has 1 N–H and O–H groups in total. The van der Waals surface area contributed by atoms with Gasteiger partial charge in [-0.25, -0.2) is 4.39 Å². The summed E-state index contributed by atoms with van der Waals surface area (Å²) in [5.74, 6) is -1.79. The van der Waals surface area contributed by atoms with Crippen molar-refractivity contribution in [3.8, 4) is 0 Å². The highest BCUT2D eigenvalue weighted by Gasteiger charge is 2.67. The Morgan fingerprint density at radius 2 is 2.07 bits per heavy atom. The molecule has 4 aliphatic rings. The van der Waals surface area contributed by atoms with Gasteiger partial charge in [0.05, 0.1) is 30.2 Å². The van der Waals surface area contributed by atoms with Crippen LogP contribution in [0.5, 0.6) is 0 Å². The van der Waals surface area contributed by atoms with Crippen LogP contribution in [0.4, 0.5) is 15.8 Å². The topological polar surface area (TPSA) is 61.9 Å². The van der Waals surface area contributed by atoms with Crippen molar-refractivity contribution in [2.75, 3.05) is 29.9 Å². The van der Waals surface area contributed by atoms with Gasteiger partial charge in [0.15, 0.2) is 0 Å². The van der Waals surface area contributed by atoms with Crippen LogP contribution in [0.3, 0.4) is 0 Å². The first kappa shape index (κ1) is 18.6. The van der Waals surface area contributed by atoms with Crippen LogP contribution >= 0.6 is 0 Å². The number of halogens is 1. The average molecular weight is 399 g/mol. The van der Waals surface area contributed by atoms with Gasteiger partial charge in [-0.1, -0.05) is 12.2 Å². The number of carbonyl (C=O) groups excluding carboxylic acids is 2. The lowest BCUT2D eigenvalue weighted by atomic mass is 9.77. The third-order valence-corrected chi connectivity index (χ3v) is 6.72. The van der Waals surface area contributed by atoms with Crippen LogP contribution in [0.1, 0.15) is 26.7 Å². The van der Waals surface area contributed by atoms with Crippen molar-refractivity contribution in [3.05, 3.63) is 36.2 Å². The smallest absolute Gasteiger partial charge is 0.231 e. The number of nitrogens with zero attached hydrogens (tertiary/aromatic N) is 2.